The number of rotatable bonds is 8. The van der Waals surface area contributed by atoms with E-state index in [2.05, 4.69) is 10.5 Å². The van der Waals surface area contributed by atoms with Crippen LogP contribution in [0.4, 0.5) is 0 Å². The maximum atomic E-state index is 12.0. The lowest BCUT2D eigenvalue weighted by atomic mass is 10.0. The minimum absolute atomic E-state index is 0.181. The van der Waals surface area contributed by atoms with Crippen LogP contribution in [-0.2, 0) is 19.1 Å². The molecule has 0 aliphatic rings. The predicted octanol–water partition coefficient (Wildman–Crippen LogP) is 1.85. The Hall–Kier alpha value is -1.92. The molecule has 6 nitrogen and oxygen atoms in total. The molecule has 0 aromatic heterocycles. The van der Waals surface area contributed by atoms with Crippen LogP contribution in [-0.4, -0.2) is 39.0 Å². The predicted molar refractivity (Wildman–Crippen MR) is 80.0 cm³/mol. The molecule has 0 radical (unpaired) electrons. The summed E-state index contributed by atoms with van der Waals surface area (Å²) < 4.78 is 11.2. The smallest absolute Gasteiger partial charge is 0.273 e. The highest BCUT2D eigenvalue weighted by molar-refractivity contribution is 6.45. The molecule has 1 rings (SSSR count). The van der Waals surface area contributed by atoms with E-state index >= 15 is 0 Å². The maximum absolute atomic E-state index is 12.0. The summed E-state index contributed by atoms with van der Waals surface area (Å²) in [5.41, 5.74) is 1.53. The topological polar surface area (TPSA) is 69.1 Å². The minimum atomic E-state index is -0.553. The molecule has 0 atom stereocenters. The Morgan fingerprint density at radius 1 is 1.24 bits per heavy atom. The third kappa shape index (κ3) is 4.54. The molecule has 0 spiro atoms. The SMILES string of the molecule is CCOC(OCC)c1ccccc1C(=NOC)C(=O)NC. The van der Waals surface area contributed by atoms with Crippen molar-refractivity contribution in [1.82, 2.24) is 5.32 Å². The van der Waals surface area contributed by atoms with Gasteiger partial charge in [0.15, 0.2) is 12.0 Å². The van der Waals surface area contributed by atoms with Crippen LogP contribution in [0.5, 0.6) is 0 Å². The van der Waals surface area contributed by atoms with Gasteiger partial charge >= 0.3 is 0 Å². The first-order valence-corrected chi connectivity index (χ1v) is 6.85. The fraction of sp³-hybridized carbons (Fsp3) is 0.467. The van der Waals surface area contributed by atoms with Crippen LogP contribution in [0.3, 0.4) is 0 Å². The summed E-state index contributed by atoms with van der Waals surface area (Å²) in [6.07, 6.45) is -0.553. The van der Waals surface area contributed by atoms with Gasteiger partial charge in [-0.05, 0) is 13.8 Å². The van der Waals surface area contributed by atoms with Crippen molar-refractivity contribution in [3.8, 4) is 0 Å². The second kappa shape index (κ2) is 9.10. The van der Waals surface area contributed by atoms with E-state index in [0.717, 1.165) is 5.56 Å². The van der Waals surface area contributed by atoms with Gasteiger partial charge in [0, 0.05) is 31.4 Å². The zero-order valence-corrected chi connectivity index (χ0v) is 12.9. The van der Waals surface area contributed by atoms with Gasteiger partial charge in [-0.3, -0.25) is 4.79 Å². The molecule has 1 amide bonds. The van der Waals surface area contributed by atoms with Gasteiger partial charge in [0.25, 0.3) is 5.91 Å². The highest BCUT2D eigenvalue weighted by Gasteiger charge is 2.22. The second-order valence-electron chi connectivity index (χ2n) is 4.03. The van der Waals surface area contributed by atoms with E-state index < -0.39 is 6.29 Å². The average molecular weight is 294 g/mol. The van der Waals surface area contributed by atoms with Crippen molar-refractivity contribution in [3.63, 3.8) is 0 Å². The molecule has 1 aromatic rings. The highest BCUT2D eigenvalue weighted by atomic mass is 16.7. The lowest BCUT2D eigenvalue weighted by Crippen LogP contribution is -2.30. The summed E-state index contributed by atoms with van der Waals surface area (Å²) in [7, 11) is 2.94. The molecule has 0 aliphatic carbocycles. The van der Waals surface area contributed by atoms with E-state index in [0.29, 0.717) is 18.8 Å². The van der Waals surface area contributed by atoms with Gasteiger partial charge in [0.1, 0.15) is 7.11 Å². The Morgan fingerprint density at radius 2 is 1.86 bits per heavy atom. The molecule has 21 heavy (non-hydrogen) atoms. The molecule has 0 saturated carbocycles. The fourth-order valence-electron chi connectivity index (χ4n) is 1.87. The Labute approximate surface area is 125 Å². The Bertz CT molecular complexity index is 482. The van der Waals surface area contributed by atoms with Crippen molar-refractivity contribution in [2.45, 2.75) is 20.1 Å². The molecule has 0 aliphatic heterocycles. The molecule has 0 bridgehead atoms. The first-order valence-electron chi connectivity index (χ1n) is 6.85. The normalized spacial score (nSPS) is 11.6. The molecule has 0 saturated heterocycles. The van der Waals surface area contributed by atoms with Gasteiger partial charge in [-0.2, -0.15) is 0 Å². The summed E-state index contributed by atoms with van der Waals surface area (Å²) in [5, 5.41) is 6.37. The number of nitrogens with zero attached hydrogens (tertiary/aromatic N) is 1. The summed E-state index contributed by atoms with van der Waals surface area (Å²) in [4.78, 5) is 16.8. The molecule has 6 heteroatoms. The number of hydrogen-bond acceptors (Lipinski definition) is 5. The number of ether oxygens (including phenoxy) is 2. The Balaban J connectivity index is 3.28. The number of nitrogens with one attached hydrogen (secondary N) is 1. The Morgan fingerprint density at radius 3 is 2.38 bits per heavy atom. The van der Waals surface area contributed by atoms with E-state index in [-0.39, 0.29) is 11.6 Å². The van der Waals surface area contributed by atoms with E-state index in [9.17, 15) is 4.79 Å². The van der Waals surface area contributed by atoms with Gasteiger partial charge in [-0.1, -0.05) is 29.4 Å². The van der Waals surface area contributed by atoms with Crippen molar-refractivity contribution >= 4 is 11.6 Å². The number of likely N-dealkylation sites (N-methyl/N-ethyl adjacent to an activating group) is 1. The molecular weight excluding hydrogens is 272 g/mol. The molecule has 0 heterocycles. The molecule has 0 unspecified atom stereocenters. The van der Waals surface area contributed by atoms with Crippen molar-refractivity contribution < 1.29 is 19.1 Å². The van der Waals surface area contributed by atoms with Crippen molar-refractivity contribution in [2.75, 3.05) is 27.4 Å². The summed E-state index contributed by atoms with van der Waals surface area (Å²) in [6.45, 7) is 4.76. The van der Waals surface area contributed by atoms with Crippen LogP contribution in [0.15, 0.2) is 29.4 Å². The highest BCUT2D eigenvalue weighted by Crippen LogP contribution is 2.23. The second-order valence-corrected chi connectivity index (χ2v) is 4.03. The fourth-order valence-corrected chi connectivity index (χ4v) is 1.87. The monoisotopic (exact) mass is 294 g/mol. The largest absolute Gasteiger partial charge is 0.398 e. The van der Waals surface area contributed by atoms with Crippen LogP contribution in [0.1, 0.15) is 31.3 Å². The first kappa shape index (κ1) is 17.1. The molecule has 1 aromatic carbocycles. The van der Waals surface area contributed by atoms with Crippen LogP contribution in [0.25, 0.3) is 0 Å². The standard InChI is InChI=1S/C15H22N2O4/c1-5-20-15(21-6-2)12-10-8-7-9-11(12)13(17-19-4)14(18)16-3/h7-10,15H,5-6H2,1-4H3,(H,16,18). The number of hydrogen-bond donors (Lipinski definition) is 1. The summed E-state index contributed by atoms with van der Waals surface area (Å²) >= 11 is 0. The number of carbonyl (C=O) groups excluding carboxylic acids is 1. The van der Waals surface area contributed by atoms with Gasteiger partial charge in [0.05, 0.1) is 0 Å². The van der Waals surface area contributed by atoms with Gasteiger partial charge < -0.3 is 19.6 Å². The van der Waals surface area contributed by atoms with Gasteiger partial charge in [0.2, 0.25) is 0 Å². The Kier molecular flexibility index (Phi) is 7.42. The van der Waals surface area contributed by atoms with Crippen LogP contribution < -0.4 is 5.32 Å². The molecule has 116 valence electrons. The van der Waals surface area contributed by atoms with Crippen molar-refractivity contribution in [2.24, 2.45) is 5.16 Å². The van der Waals surface area contributed by atoms with Crippen molar-refractivity contribution in [1.29, 1.82) is 0 Å². The molecular formula is C15H22N2O4. The van der Waals surface area contributed by atoms with Crippen molar-refractivity contribution in [3.05, 3.63) is 35.4 Å². The quantitative estimate of drug-likeness (QED) is 0.451. The van der Waals surface area contributed by atoms with Crippen LogP contribution in [0, 0.1) is 0 Å². The minimum Gasteiger partial charge on any atom is -0.398 e. The third-order valence-corrected chi connectivity index (χ3v) is 2.73. The number of amides is 1. The third-order valence-electron chi connectivity index (χ3n) is 2.73. The maximum Gasteiger partial charge on any atom is 0.273 e. The lowest BCUT2D eigenvalue weighted by Gasteiger charge is -2.20. The van der Waals surface area contributed by atoms with E-state index in [1.165, 1.54) is 7.11 Å². The van der Waals surface area contributed by atoms with Crippen LogP contribution >= 0.6 is 0 Å². The summed E-state index contributed by atoms with van der Waals surface area (Å²) in [6, 6.07) is 7.31. The first-order chi connectivity index (χ1) is 10.2. The van der Waals surface area contributed by atoms with Crippen LogP contribution in [0.2, 0.25) is 0 Å². The lowest BCUT2D eigenvalue weighted by molar-refractivity contribution is -0.140. The molecule has 1 N–H and O–H groups in total. The van der Waals surface area contributed by atoms with E-state index in [1.54, 1.807) is 13.1 Å². The number of carbonyl (C=O) groups is 1. The number of benzene rings is 1. The zero-order valence-electron chi connectivity index (χ0n) is 12.9. The van der Waals surface area contributed by atoms with Gasteiger partial charge in [-0.25, -0.2) is 0 Å². The zero-order chi connectivity index (χ0) is 15.7. The van der Waals surface area contributed by atoms with E-state index in [1.807, 2.05) is 32.0 Å². The summed E-state index contributed by atoms with van der Waals surface area (Å²) in [5.74, 6) is -0.337. The number of oxime groups is 1. The average Bonchev–Trinajstić information content (AvgIpc) is 2.52. The van der Waals surface area contributed by atoms with E-state index in [4.69, 9.17) is 14.3 Å². The van der Waals surface area contributed by atoms with Gasteiger partial charge in [-0.15, -0.1) is 0 Å². The molecule has 0 fully saturated rings.